The summed E-state index contributed by atoms with van der Waals surface area (Å²) in [5.41, 5.74) is 1.45. The second kappa shape index (κ2) is 7.59. The third-order valence-corrected chi connectivity index (χ3v) is 5.94. The Morgan fingerprint density at radius 3 is 2.82 bits per heavy atom. The van der Waals surface area contributed by atoms with Gasteiger partial charge in [-0.05, 0) is 50.3 Å². The summed E-state index contributed by atoms with van der Waals surface area (Å²) in [7, 11) is 0. The first-order valence-corrected chi connectivity index (χ1v) is 10.1. The molecule has 0 atom stereocenters. The highest BCUT2D eigenvalue weighted by molar-refractivity contribution is 7.17. The monoisotopic (exact) mass is 397 g/mol. The van der Waals surface area contributed by atoms with Crippen LogP contribution >= 0.6 is 11.3 Å². The van der Waals surface area contributed by atoms with E-state index in [9.17, 15) is 14.4 Å². The fourth-order valence-electron chi connectivity index (χ4n) is 3.45. The Balaban J connectivity index is 1.71. The van der Waals surface area contributed by atoms with E-state index in [0.29, 0.717) is 21.5 Å². The fraction of sp³-hybridized carbons (Fsp3) is 0.286. The molecule has 1 N–H and O–H groups in total. The molecule has 1 aliphatic rings. The van der Waals surface area contributed by atoms with Crippen molar-refractivity contribution in [1.82, 2.24) is 0 Å². The number of amides is 1. The Morgan fingerprint density at radius 1 is 1.21 bits per heavy atom. The summed E-state index contributed by atoms with van der Waals surface area (Å²) in [4.78, 5) is 38.6. The number of hydrogen-bond donors (Lipinski definition) is 1. The molecule has 7 heteroatoms. The molecule has 28 heavy (non-hydrogen) atoms. The van der Waals surface area contributed by atoms with Crippen molar-refractivity contribution < 1.29 is 18.7 Å². The van der Waals surface area contributed by atoms with Gasteiger partial charge in [-0.25, -0.2) is 4.79 Å². The summed E-state index contributed by atoms with van der Waals surface area (Å²) in [6.07, 6.45) is 3.74. The molecule has 1 aliphatic carbocycles. The number of carbonyl (C=O) groups is 2. The van der Waals surface area contributed by atoms with E-state index in [1.54, 1.807) is 31.2 Å². The van der Waals surface area contributed by atoms with E-state index in [1.807, 2.05) is 0 Å². The van der Waals surface area contributed by atoms with Gasteiger partial charge in [-0.1, -0.05) is 12.1 Å². The maximum absolute atomic E-state index is 12.8. The Morgan fingerprint density at radius 2 is 2.00 bits per heavy atom. The molecule has 1 aromatic carbocycles. The molecule has 2 heterocycles. The maximum Gasteiger partial charge on any atom is 0.341 e. The number of para-hydroxylation sites is 1. The highest BCUT2D eigenvalue weighted by atomic mass is 32.1. The van der Waals surface area contributed by atoms with Gasteiger partial charge in [-0.2, -0.15) is 0 Å². The number of rotatable bonds is 4. The molecular formula is C21H19NO5S. The zero-order chi connectivity index (χ0) is 19.7. The molecule has 3 aromatic rings. The van der Waals surface area contributed by atoms with E-state index in [4.69, 9.17) is 9.15 Å². The molecule has 0 saturated heterocycles. The zero-order valence-corrected chi connectivity index (χ0v) is 16.2. The smallest absolute Gasteiger partial charge is 0.341 e. The minimum absolute atomic E-state index is 0.0927. The highest BCUT2D eigenvalue weighted by Gasteiger charge is 2.28. The van der Waals surface area contributed by atoms with Gasteiger partial charge < -0.3 is 14.5 Å². The lowest BCUT2D eigenvalue weighted by Gasteiger charge is -2.12. The number of benzene rings is 1. The van der Waals surface area contributed by atoms with Crippen molar-refractivity contribution in [2.24, 2.45) is 0 Å². The number of hydrogen-bond acceptors (Lipinski definition) is 6. The average Bonchev–Trinajstić information content (AvgIpc) is 3.06. The Kier molecular flexibility index (Phi) is 5.00. The molecule has 0 bridgehead atoms. The Labute approximate surface area is 165 Å². The van der Waals surface area contributed by atoms with Crippen molar-refractivity contribution in [1.29, 1.82) is 0 Å². The number of aryl methyl sites for hydroxylation is 1. The van der Waals surface area contributed by atoms with Gasteiger partial charge in [0.05, 0.1) is 17.6 Å². The standard InChI is InChI=1S/C21H19NO5S/c1-2-26-21(25)18-13-8-4-6-10-17(13)28-20(18)22-19(24)16-11-14(23)12-7-3-5-9-15(12)27-16/h3,5,7,9,11H,2,4,6,8,10H2,1H3,(H,22,24). The van der Waals surface area contributed by atoms with Crippen LogP contribution in [-0.4, -0.2) is 18.5 Å². The minimum atomic E-state index is -0.563. The van der Waals surface area contributed by atoms with E-state index in [-0.39, 0.29) is 17.8 Å². The van der Waals surface area contributed by atoms with Gasteiger partial charge in [-0.3, -0.25) is 9.59 Å². The van der Waals surface area contributed by atoms with Crippen molar-refractivity contribution in [2.45, 2.75) is 32.6 Å². The summed E-state index contributed by atoms with van der Waals surface area (Å²) in [5, 5.41) is 3.63. The zero-order valence-electron chi connectivity index (χ0n) is 15.4. The molecular weight excluding hydrogens is 378 g/mol. The Hall–Kier alpha value is -2.93. The second-order valence-electron chi connectivity index (χ2n) is 6.56. The molecule has 4 rings (SSSR count). The lowest BCUT2D eigenvalue weighted by molar-refractivity contribution is 0.0526. The molecule has 2 aromatic heterocycles. The molecule has 0 aliphatic heterocycles. The van der Waals surface area contributed by atoms with Gasteiger partial charge in [0.1, 0.15) is 10.6 Å². The number of anilines is 1. The second-order valence-corrected chi connectivity index (χ2v) is 7.67. The van der Waals surface area contributed by atoms with Crippen molar-refractivity contribution in [2.75, 3.05) is 11.9 Å². The first-order valence-electron chi connectivity index (χ1n) is 9.24. The third-order valence-electron chi connectivity index (χ3n) is 4.74. The Bertz CT molecular complexity index is 1130. The van der Waals surface area contributed by atoms with Crippen molar-refractivity contribution in [3.8, 4) is 0 Å². The lowest BCUT2D eigenvalue weighted by atomic mass is 9.95. The number of esters is 1. The molecule has 144 valence electrons. The lowest BCUT2D eigenvalue weighted by Crippen LogP contribution is -2.17. The van der Waals surface area contributed by atoms with E-state index >= 15 is 0 Å². The highest BCUT2D eigenvalue weighted by Crippen LogP contribution is 2.38. The van der Waals surface area contributed by atoms with Crippen molar-refractivity contribution in [3.05, 3.63) is 62.3 Å². The molecule has 6 nitrogen and oxygen atoms in total. The molecule has 0 saturated carbocycles. The predicted octanol–water partition coefficient (Wildman–Crippen LogP) is 4.16. The van der Waals surface area contributed by atoms with Crippen LogP contribution in [0.1, 0.15) is 51.1 Å². The minimum Gasteiger partial charge on any atom is -0.462 e. The first-order chi connectivity index (χ1) is 13.6. The van der Waals surface area contributed by atoms with Crippen LogP contribution in [0.3, 0.4) is 0 Å². The molecule has 0 radical (unpaired) electrons. The molecule has 0 unspecified atom stereocenters. The van der Waals surface area contributed by atoms with Crippen LogP contribution in [0.15, 0.2) is 39.5 Å². The van der Waals surface area contributed by atoms with Crippen LogP contribution < -0.4 is 10.7 Å². The molecule has 0 spiro atoms. The van der Waals surface area contributed by atoms with Crippen LogP contribution in [0.5, 0.6) is 0 Å². The quantitative estimate of drug-likeness (QED) is 0.668. The molecule has 1 amide bonds. The van der Waals surface area contributed by atoms with Crippen molar-refractivity contribution >= 4 is 39.2 Å². The van der Waals surface area contributed by atoms with Gasteiger partial charge in [0.2, 0.25) is 0 Å². The predicted molar refractivity (Wildman–Crippen MR) is 107 cm³/mol. The number of fused-ring (bicyclic) bond motifs is 2. The third kappa shape index (κ3) is 3.33. The maximum atomic E-state index is 12.8. The topological polar surface area (TPSA) is 85.6 Å². The van der Waals surface area contributed by atoms with E-state index in [1.165, 1.54) is 17.4 Å². The summed E-state index contributed by atoms with van der Waals surface area (Å²) in [5.74, 6) is -1.09. The number of thiophene rings is 1. The fourth-order valence-corrected chi connectivity index (χ4v) is 4.73. The van der Waals surface area contributed by atoms with Gasteiger partial charge in [0, 0.05) is 10.9 Å². The number of carbonyl (C=O) groups excluding carboxylic acids is 2. The average molecular weight is 397 g/mol. The van der Waals surface area contributed by atoms with E-state index in [2.05, 4.69) is 5.32 Å². The van der Waals surface area contributed by atoms with Gasteiger partial charge in [-0.15, -0.1) is 11.3 Å². The SMILES string of the molecule is CCOC(=O)c1c(NC(=O)c2cc(=O)c3ccccc3o2)sc2c1CCCC2. The van der Waals surface area contributed by atoms with Crippen LogP contribution in [0, 0.1) is 0 Å². The molecule has 0 fully saturated rings. The largest absolute Gasteiger partial charge is 0.462 e. The summed E-state index contributed by atoms with van der Waals surface area (Å²) in [6, 6.07) is 7.94. The van der Waals surface area contributed by atoms with E-state index in [0.717, 1.165) is 36.1 Å². The number of nitrogens with one attached hydrogen (secondary N) is 1. The summed E-state index contributed by atoms with van der Waals surface area (Å²) < 4.78 is 10.8. The van der Waals surface area contributed by atoms with Gasteiger partial charge in [0.15, 0.2) is 11.2 Å². The van der Waals surface area contributed by atoms with Gasteiger partial charge in [0.25, 0.3) is 5.91 Å². The summed E-state index contributed by atoms with van der Waals surface area (Å²) >= 11 is 1.39. The normalized spacial score (nSPS) is 13.2. The van der Waals surface area contributed by atoms with Crippen LogP contribution in [0.4, 0.5) is 5.00 Å². The number of ether oxygens (including phenoxy) is 1. The van der Waals surface area contributed by atoms with E-state index < -0.39 is 11.9 Å². The van der Waals surface area contributed by atoms with Crippen LogP contribution in [0.2, 0.25) is 0 Å². The van der Waals surface area contributed by atoms with Crippen molar-refractivity contribution in [3.63, 3.8) is 0 Å². The van der Waals surface area contributed by atoms with Crippen LogP contribution in [0.25, 0.3) is 11.0 Å². The summed E-state index contributed by atoms with van der Waals surface area (Å²) in [6.45, 7) is 2.01. The first kappa shape index (κ1) is 18.4. The van der Waals surface area contributed by atoms with Crippen LogP contribution in [-0.2, 0) is 17.6 Å². The van der Waals surface area contributed by atoms with Gasteiger partial charge >= 0.3 is 5.97 Å².